The summed E-state index contributed by atoms with van der Waals surface area (Å²) >= 11 is 0. The Bertz CT molecular complexity index is 290. The summed E-state index contributed by atoms with van der Waals surface area (Å²) in [6, 6.07) is 10.7. The average molecular weight is 236 g/mol. The molecule has 0 amide bonds. The number of hydrogen-bond acceptors (Lipinski definition) is 3. The van der Waals surface area contributed by atoms with Crippen LogP contribution in [-0.2, 0) is 6.54 Å². The normalized spacial score (nSPS) is 12.9. The second-order valence-corrected chi connectivity index (χ2v) is 4.61. The van der Waals surface area contributed by atoms with Gasteiger partial charge in [-0.3, -0.25) is 0 Å². The molecule has 3 heteroatoms. The van der Waals surface area contributed by atoms with Gasteiger partial charge in [-0.05, 0) is 39.0 Å². The molecule has 0 fully saturated rings. The van der Waals surface area contributed by atoms with Crippen LogP contribution in [0.3, 0.4) is 0 Å². The van der Waals surface area contributed by atoms with Crippen LogP contribution in [0, 0.1) is 0 Å². The van der Waals surface area contributed by atoms with Crippen molar-refractivity contribution in [1.29, 1.82) is 0 Å². The molecule has 0 heterocycles. The Morgan fingerprint density at radius 1 is 1.29 bits per heavy atom. The lowest BCUT2D eigenvalue weighted by Crippen LogP contribution is -2.32. The van der Waals surface area contributed by atoms with Gasteiger partial charge < -0.3 is 15.3 Å². The van der Waals surface area contributed by atoms with Gasteiger partial charge in [0.2, 0.25) is 0 Å². The number of rotatable bonds is 8. The van der Waals surface area contributed by atoms with Crippen molar-refractivity contribution in [3.05, 3.63) is 35.9 Å². The van der Waals surface area contributed by atoms with Gasteiger partial charge in [-0.15, -0.1) is 0 Å². The fraction of sp³-hybridized carbons (Fsp3) is 0.571. The third-order valence-corrected chi connectivity index (χ3v) is 2.78. The largest absolute Gasteiger partial charge is 0.395 e. The monoisotopic (exact) mass is 236 g/mol. The molecule has 17 heavy (non-hydrogen) atoms. The predicted molar refractivity (Wildman–Crippen MR) is 71.9 cm³/mol. The molecule has 0 aliphatic rings. The number of aliphatic hydroxyl groups is 1. The van der Waals surface area contributed by atoms with E-state index in [9.17, 15) is 0 Å². The highest BCUT2D eigenvalue weighted by atomic mass is 16.3. The molecule has 0 aromatic heterocycles. The Kier molecular flexibility index (Phi) is 6.86. The predicted octanol–water partition coefficient (Wildman–Crippen LogP) is 1.48. The van der Waals surface area contributed by atoms with Crippen LogP contribution in [0.5, 0.6) is 0 Å². The van der Waals surface area contributed by atoms with Crippen molar-refractivity contribution in [2.45, 2.75) is 25.9 Å². The van der Waals surface area contributed by atoms with Gasteiger partial charge >= 0.3 is 0 Å². The quantitative estimate of drug-likeness (QED) is 0.671. The highest BCUT2D eigenvalue weighted by Gasteiger charge is 2.01. The van der Waals surface area contributed by atoms with E-state index in [1.165, 1.54) is 5.56 Å². The first-order valence-corrected chi connectivity index (χ1v) is 6.29. The third-order valence-electron chi connectivity index (χ3n) is 2.78. The minimum Gasteiger partial charge on any atom is -0.395 e. The van der Waals surface area contributed by atoms with Gasteiger partial charge in [-0.1, -0.05) is 30.3 Å². The molecule has 1 unspecified atom stereocenters. The number of benzene rings is 1. The molecule has 0 aliphatic carbocycles. The minimum atomic E-state index is 0.203. The molecule has 1 rings (SSSR count). The standard InChI is InChI=1S/C14H24N2O/c1-13(12-17)15-9-6-10-16(2)11-14-7-4-3-5-8-14/h3-5,7-8,13,15,17H,6,9-12H2,1-2H3. The molecule has 3 nitrogen and oxygen atoms in total. The Balaban J connectivity index is 2.11. The maximum atomic E-state index is 8.87. The summed E-state index contributed by atoms with van der Waals surface area (Å²) in [6.07, 6.45) is 1.10. The molecule has 0 saturated heterocycles. The van der Waals surface area contributed by atoms with Gasteiger partial charge in [-0.2, -0.15) is 0 Å². The highest BCUT2D eigenvalue weighted by Crippen LogP contribution is 2.02. The fourth-order valence-electron chi connectivity index (χ4n) is 1.74. The summed E-state index contributed by atoms with van der Waals surface area (Å²) in [5.74, 6) is 0. The number of nitrogens with zero attached hydrogens (tertiary/aromatic N) is 1. The van der Waals surface area contributed by atoms with Crippen molar-refractivity contribution in [3.63, 3.8) is 0 Å². The zero-order chi connectivity index (χ0) is 12.5. The summed E-state index contributed by atoms with van der Waals surface area (Å²) in [6.45, 7) is 5.23. The summed E-state index contributed by atoms with van der Waals surface area (Å²) in [5.41, 5.74) is 1.35. The van der Waals surface area contributed by atoms with Crippen LogP contribution >= 0.6 is 0 Å². The topological polar surface area (TPSA) is 35.5 Å². The lowest BCUT2D eigenvalue weighted by atomic mass is 10.2. The molecular formula is C14H24N2O. The van der Waals surface area contributed by atoms with Crippen LogP contribution in [0.25, 0.3) is 0 Å². The van der Waals surface area contributed by atoms with E-state index in [1.54, 1.807) is 0 Å². The van der Waals surface area contributed by atoms with Crippen LogP contribution in [-0.4, -0.2) is 42.8 Å². The molecule has 0 bridgehead atoms. The fourth-order valence-corrected chi connectivity index (χ4v) is 1.74. The maximum absolute atomic E-state index is 8.87. The van der Waals surface area contributed by atoms with Crippen molar-refractivity contribution < 1.29 is 5.11 Å². The summed E-state index contributed by atoms with van der Waals surface area (Å²) in [4.78, 5) is 2.32. The van der Waals surface area contributed by atoms with Crippen molar-refractivity contribution in [2.75, 3.05) is 26.7 Å². The van der Waals surface area contributed by atoms with Gasteiger partial charge in [-0.25, -0.2) is 0 Å². The van der Waals surface area contributed by atoms with Crippen molar-refractivity contribution in [3.8, 4) is 0 Å². The van der Waals surface area contributed by atoms with E-state index >= 15 is 0 Å². The number of nitrogens with one attached hydrogen (secondary N) is 1. The minimum absolute atomic E-state index is 0.203. The summed E-state index contributed by atoms with van der Waals surface area (Å²) in [5, 5.41) is 12.1. The van der Waals surface area contributed by atoms with Gasteiger partial charge in [0.15, 0.2) is 0 Å². The van der Waals surface area contributed by atoms with Gasteiger partial charge in [0.05, 0.1) is 6.61 Å². The third kappa shape index (κ3) is 6.41. The Labute approximate surface area is 104 Å². The van der Waals surface area contributed by atoms with E-state index < -0.39 is 0 Å². The first-order chi connectivity index (χ1) is 8.22. The van der Waals surface area contributed by atoms with E-state index in [1.807, 2.05) is 13.0 Å². The van der Waals surface area contributed by atoms with Crippen LogP contribution in [0.4, 0.5) is 0 Å². The van der Waals surface area contributed by atoms with E-state index in [0.29, 0.717) is 0 Å². The van der Waals surface area contributed by atoms with Crippen LogP contribution < -0.4 is 5.32 Å². The van der Waals surface area contributed by atoms with E-state index in [2.05, 4.69) is 41.5 Å². The van der Waals surface area contributed by atoms with Crippen LogP contribution in [0.2, 0.25) is 0 Å². The molecule has 0 radical (unpaired) electrons. The van der Waals surface area contributed by atoms with Gasteiger partial charge in [0, 0.05) is 12.6 Å². The Morgan fingerprint density at radius 2 is 2.00 bits per heavy atom. The van der Waals surface area contributed by atoms with E-state index in [4.69, 9.17) is 5.11 Å². The lowest BCUT2D eigenvalue weighted by Gasteiger charge is -2.17. The first-order valence-electron chi connectivity index (χ1n) is 6.29. The molecular weight excluding hydrogens is 212 g/mol. The maximum Gasteiger partial charge on any atom is 0.0581 e. The van der Waals surface area contributed by atoms with Gasteiger partial charge in [0.25, 0.3) is 0 Å². The smallest absolute Gasteiger partial charge is 0.0581 e. The molecule has 1 atom stereocenters. The molecule has 0 saturated carbocycles. The molecule has 2 N–H and O–H groups in total. The molecule has 1 aromatic rings. The second-order valence-electron chi connectivity index (χ2n) is 4.61. The highest BCUT2D eigenvalue weighted by molar-refractivity contribution is 5.14. The number of hydrogen-bond donors (Lipinski definition) is 2. The summed E-state index contributed by atoms with van der Waals surface area (Å²) < 4.78 is 0. The number of aliphatic hydroxyl groups excluding tert-OH is 1. The molecule has 0 aliphatic heterocycles. The van der Waals surface area contributed by atoms with Crippen molar-refractivity contribution in [2.24, 2.45) is 0 Å². The van der Waals surface area contributed by atoms with Crippen LogP contribution in [0.1, 0.15) is 18.9 Å². The summed E-state index contributed by atoms with van der Waals surface area (Å²) in [7, 11) is 2.14. The Hall–Kier alpha value is -0.900. The second kappa shape index (κ2) is 8.23. The SMILES string of the molecule is CC(CO)NCCCN(C)Cc1ccccc1. The lowest BCUT2D eigenvalue weighted by molar-refractivity contribution is 0.247. The van der Waals surface area contributed by atoms with Crippen molar-refractivity contribution >= 4 is 0 Å². The molecule has 0 spiro atoms. The zero-order valence-corrected chi connectivity index (χ0v) is 10.9. The molecule has 1 aromatic carbocycles. The molecule has 96 valence electrons. The zero-order valence-electron chi connectivity index (χ0n) is 10.9. The van der Waals surface area contributed by atoms with E-state index in [0.717, 1.165) is 26.1 Å². The Morgan fingerprint density at radius 3 is 2.65 bits per heavy atom. The van der Waals surface area contributed by atoms with Crippen molar-refractivity contribution in [1.82, 2.24) is 10.2 Å². The van der Waals surface area contributed by atoms with Gasteiger partial charge in [0.1, 0.15) is 0 Å². The first kappa shape index (κ1) is 14.2. The van der Waals surface area contributed by atoms with Crippen LogP contribution in [0.15, 0.2) is 30.3 Å². The average Bonchev–Trinajstić information content (AvgIpc) is 2.35. The van der Waals surface area contributed by atoms with E-state index in [-0.39, 0.29) is 12.6 Å².